The Morgan fingerprint density at radius 1 is 1.23 bits per heavy atom. The second kappa shape index (κ2) is 7.78. The summed E-state index contributed by atoms with van der Waals surface area (Å²) in [5.74, 6) is 0.722. The molecular weight excluding hydrogens is 402 g/mol. The number of rotatable bonds is 6. The van der Waals surface area contributed by atoms with Crippen LogP contribution in [0.15, 0.2) is 40.1 Å². The average molecular weight is 425 g/mol. The van der Waals surface area contributed by atoms with Crippen LogP contribution in [0, 0.1) is 6.92 Å². The molecule has 0 bridgehead atoms. The summed E-state index contributed by atoms with van der Waals surface area (Å²) in [5.41, 5.74) is 1.17. The highest BCUT2D eigenvalue weighted by Crippen LogP contribution is 2.23. The Kier molecular flexibility index (Phi) is 5.14. The highest BCUT2D eigenvalue weighted by Gasteiger charge is 2.21. The number of hydrogen-bond acceptors (Lipinski definition) is 6. The number of imidazole rings is 2. The SMILES string of the molecule is CCOC(=O)CCn1c(=O)c2c(nc3n(-c4cccc(OC)c4)c(C)cn23)n(C)c1=O. The second-order valence-electron chi connectivity index (χ2n) is 7.11. The predicted molar refractivity (Wildman–Crippen MR) is 114 cm³/mol. The summed E-state index contributed by atoms with van der Waals surface area (Å²) in [7, 11) is 3.15. The van der Waals surface area contributed by atoms with E-state index in [1.54, 1.807) is 31.7 Å². The molecule has 10 nitrogen and oxygen atoms in total. The Morgan fingerprint density at radius 2 is 2.00 bits per heavy atom. The molecule has 0 aliphatic rings. The van der Waals surface area contributed by atoms with E-state index in [1.165, 1.54) is 4.57 Å². The van der Waals surface area contributed by atoms with Crippen molar-refractivity contribution in [1.82, 2.24) is 23.1 Å². The molecule has 0 fully saturated rings. The van der Waals surface area contributed by atoms with E-state index < -0.39 is 17.2 Å². The van der Waals surface area contributed by atoms with Crippen molar-refractivity contribution < 1.29 is 14.3 Å². The molecule has 0 amide bonds. The Morgan fingerprint density at radius 3 is 2.71 bits per heavy atom. The Bertz CT molecular complexity index is 1420. The van der Waals surface area contributed by atoms with E-state index in [2.05, 4.69) is 4.98 Å². The zero-order valence-corrected chi connectivity index (χ0v) is 17.8. The van der Waals surface area contributed by atoms with Crippen LogP contribution < -0.4 is 16.0 Å². The summed E-state index contributed by atoms with van der Waals surface area (Å²) in [6.45, 7) is 3.78. The van der Waals surface area contributed by atoms with E-state index in [-0.39, 0.29) is 30.7 Å². The van der Waals surface area contributed by atoms with Crippen LogP contribution in [-0.4, -0.2) is 42.8 Å². The van der Waals surface area contributed by atoms with E-state index in [0.717, 1.165) is 15.9 Å². The molecule has 0 aliphatic carbocycles. The van der Waals surface area contributed by atoms with E-state index in [4.69, 9.17) is 9.47 Å². The number of fused-ring (bicyclic) bond motifs is 3. The van der Waals surface area contributed by atoms with Gasteiger partial charge in [0, 0.05) is 31.5 Å². The molecule has 1 aromatic carbocycles. The smallest absolute Gasteiger partial charge is 0.332 e. The molecule has 0 unspecified atom stereocenters. The van der Waals surface area contributed by atoms with Gasteiger partial charge >= 0.3 is 11.7 Å². The lowest BCUT2D eigenvalue weighted by Crippen LogP contribution is -2.39. The second-order valence-corrected chi connectivity index (χ2v) is 7.11. The average Bonchev–Trinajstić information content (AvgIpc) is 3.26. The zero-order valence-electron chi connectivity index (χ0n) is 17.8. The van der Waals surface area contributed by atoms with Crippen LogP contribution in [0.25, 0.3) is 22.6 Å². The first kappa shape index (κ1) is 20.5. The van der Waals surface area contributed by atoms with Crippen molar-refractivity contribution in [2.24, 2.45) is 7.05 Å². The number of esters is 1. The molecule has 3 heterocycles. The quantitative estimate of drug-likeness (QED) is 0.433. The lowest BCUT2D eigenvalue weighted by molar-refractivity contribution is -0.143. The topological polar surface area (TPSA) is 102 Å². The predicted octanol–water partition coefficient (Wildman–Crippen LogP) is 1.41. The number of nitrogens with zero attached hydrogens (tertiary/aromatic N) is 5. The molecule has 0 saturated heterocycles. The number of benzene rings is 1. The van der Waals surface area contributed by atoms with Gasteiger partial charge in [0.15, 0.2) is 11.2 Å². The van der Waals surface area contributed by atoms with Gasteiger partial charge in [0.2, 0.25) is 5.78 Å². The van der Waals surface area contributed by atoms with Gasteiger partial charge in [-0.05, 0) is 26.0 Å². The van der Waals surface area contributed by atoms with E-state index in [9.17, 15) is 14.4 Å². The molecule has 0 radical (unpaired) electrons. The van der Waals surface area contributed by atoms with Gasteiger partial charge in [-0.1, -0.05) is 6.07 Å². The normalized spacial score (nSPS) is 11.4. The first-order valence-corrected chi connectivity index (χ1v) is 9.87. The van der Waals surface area contributed by atoms with Crippen molar-refractivity contribution in [2.75, 3.05) is 13.7 Å². The molecule has 0 spiro atoms. The van der Waals surface area contributed by atoms with Gasteiger partial charge in [0.25, 0.3) is 5.56 Å². The highest BCUT2D eigenvalue weighted by molar-refractivity contribution is 5.76. The highest BCUT2D eigenvalue weighted by atomic mass is 16.5. The summed E-state index contributed by atoms with van der Waals surface area (Å²) >= 11 is 0. The maximum Gasteiger partial charge on any atom is 0.332 e. The third kappa shape index (κ3) is 3.29. The molecule has 0 N–H and O–H groups in total. The van der Waals surface area contributed by atoms with Crippen molar-refractivity contribution in [3.05, 3.63) is 57.0 Å². The summed E-state index contributed by atoms with van der Waals surface area (Å²) in [5, 5.41) is 0. The van der Waals surface area contributed by atoms with Crippen molar-refractivity contribution in [1.29, 1.82) is 0 Å². The van der Waals surface area contributed by atoms with Crippen molar-refractivity contribution >= 4 is 22.9 Å². The van der Waals surface area contributed by atoms with Crippen LogP contribution in [0.4, 0.5) is 0 Å². The maximum absolute atomic E-state index is 13.2. The molecule has 0 aliphatic heterocycles. The van der Waals surface area contributed by atoms with Crippen LogP contribution in [0.5, 0.6) is 5.75 Å². The number of aryl methyl sites for hydroxylation is 2. The number of carbonyl (C=O) groups excluding carboxylic acids is 1. The zero-order chi connectivity index (χ0) is 22.3. The van der Waals surface area contributed by atoms with E-state index in [0.29, 0.717) is 11.5 Å². The molecule has 0 atom stereocenters. The van der Waals surface area contributed by atoms with Crippen molar-refractivity contribution in [3.8, 4) is 11.4 Å². The summed E-state index contributed by atoms with van der Waals surface area (Å²) in [4.78, 5) is 42.3. The van der Waals surface area contributed by atoms with Crippen LogP contribution in [0.2, 0.25) is 0 Å². The lowest BCUT2D eigenvalue weighted by atomic mass is 10.3. The molecule has 4 aromatic rings. The van der Waals surface area contributed by atoms with Crippen molar-refractivity contribution in [3.63, 3.8) is 0 Å². The standard InChI is InChI=1S/C21H23N5O5/c1-5-31-16(27)9-10-24-19(28)17-18(23(3)21(24)29)22-20-25(17)12-13(2)26(20)14-7-6-8-15(11-14)30-4/h6-8,11-12H,5,9-10H2,1-4H3. The van der Waals surface area contributed by atoms with Crippen molar-refractivity contribution in [2.45, 2.75) is 26.8 Å². The first-order chi connectivity index (χ1) is 14.9. The Hall–Kier alpha value is -3.82. The molecule has 4 rings (SSSR count). The third-order valence-corrected chi connectivity index (χ3v) is 5.18. The number of aromatic nitrogens is 5. The van der Waals surface area contributed by atoms with Crippen LogP contribution >= 0.6 is 0 Å². The van der Waals surface area contributed by atoms with E-state index >= 15 is 0 Å². The fourth-order valence-electron chi connectivity index (χ4n) is 3.71. The number of hydrogen-bond donors (Lipinski definition) is 0. The van der Waals surface area contributed by atoms with Gasteiger partial charge < -0.3 is 9.47 Å². The number of carbonyl (C=O) groups is 1. The van der Waals surface area contributed by atoms with Gasteiger partial charge in [0.1, 0.15) is 5.75 Å². The fraction of sp³-hybridized carbons (Fsp3) is 0.333. The van der Waals surface area contributed by atoms with Gasteiger partial charge in [-0.15, -0.1) is 0 Å². The fourth-order valence-corrected chi connectivity index (χ4v) is 3.71. The lowest BCUT2D eigenvalue weighted by Gasteiger charge is -2.08. The van der Waals surface area contributed by atoms with Gasteiger partial charge in [-0.3, -0.25) is 27.7 Å². The molecular formula is C21H23N5O5. The van der Waals surface area contributed by atoms with Crippen LogP contribution in [-0.2, 0) is 23.1 Å². The summed E-state index contributed by atoms with van der Waals surface area (Å²) in [6, 6.07) is 7.48. The largest absolute Gasteiger partial charge is 0.497 e. The van der Waals surface area contributed by atoms with Crippen LogP contribution in [0.3, 0.4) is 0 Å². The minimum absolute atomic E-state index is 0.0664. The first-order valence-electron chi connectivity index (χ1n) is 9.87. The van der Waals surface area contributed by atoms with Gasteiger partial charge in [0.05, 0.1) is 25.8 Å². The van der Waals surface area contributed by atoms with Gasteiger partial charge in [-0.2, -0.15) is 4.98 Å². The van der Waals surface area contributed by atoms with Gasteiger partial charge in [-0.25, -0.2) is 4.79 Å². The molecule has 162 valence electrons. The number of methoxy groups -OCH3 is 1. The van der Waals surface area contributed by atoms with E-state index in [1.807, 2.05) is 35.8 Å². The molecule has 0 saturated carbocycles. The summed E-state index contributed by atoms with van der Waals surface area (Å²) < 4.78 is 16.2. The number of ether oxygens (including phenoxy) is 2. The molecule has 3 aromatic heterocycles. The third-order valence-electron chi connectivity index (χ3n) is 5.18. The minimum Gasteiger partial charge on any atom is -0.497 e. The monoisotopic (exact) mass is 425 g/mol. The minimum atomic E-state index is -0.535. The Balaban J connectivity index is 1.93. The molecule has 31 heavy (non-hydrogen) atoms. The Labute approximate surface area is 176 Å². The maximum atomic E-state index is 13.2. The summed E-state index contributed by atoms with van der Waals surface area (Å²) in [6.07, 6.45) is 1.73. The van der Waals surface area contributed by atoms with Crippen LogP contribution in [0.1, 0.15) is 19.0 Å². The molecule has 10 heteroatoms.